The molecule has 3 aromatic carbocycles. The van der Waals surface area contributed by atoms with E-state index in [0.29, 0.717) is 30.1 Å². The fourth-order valence-corrected chi connectivity index (χ4v) is 4.89. The lowest BCUT2D eigenvalue weighted by molar-refractivity contribution is 0.0950. The third-order valence-electron chi connectivity index (χ3n) is 7.23. The topological polar surface area (TPSA) is 77.0 Å². The molecule has 3 aromatic rings. The van der Waals surface area contributed by atoms with Crippen LogP contribution in [0.3, 0.4) is 0 Å². The lowest BCUT2D eigenvalue weighted by atomic mass is 9.99. The Hall–Kier alpha value is -4.23. The molecule has 200 valence electrons. The van der Waals surface area contributed by atoms with E-state index in [-0.39, 0.29) is 11.8 Å². The average Bonchev–Trinajstić information content (AvgIpc) is 2.96. The molecule has 1 atom stereocenters. The van der Waals surface area contributed by atoms with E-state index >= 15 is 0 Å². The molecule has 7 nitrogen and oxygen atoms in total. The summed E-state index contributed by atoms with van der Waals surface area (Å²) in [5, 5.41) is 12.4. The van der Waals surface area contributed by atoms with Crippen LogP contribution in [0.1, 0.15) is 56.3 Å². The third-order valence-corrected chi connectivity index (χ3v) is 7.23. The molecule has 0 aromatic heterocycles. The second kappa shape index (κ2) is 12.1. The number of carbonyl (C=O) groups excluding carboxylic acids is 2. The molecule has 0 saturated heterocycles. The Morgan fingerprint density at radius 2 is 1.72 bits per heavy atom. The quantitative estimate of drug-likeness (QED) is 0.427. The molecule has 0 fully saturated rings. The smallest absolute Gasteiger partial charge is 0.255 e. The first-order valence-corrected chi connectivity index (χ1v) is 13.5. The van der Waals surface area contributed by atoms with Crippen molar-refractivity contribution in [3.05, 3.63) is 112 Å². The van der Waals surface area contributed by atoms with Gasteiger partial charge in [0.2, 0.25) is 0 Å². The molecule has 5 rings (SSSR count). The minimum absolute atomic E-state index is 0.158. The van der Waals surface area contributed by atoms with Crippen LogP contribution in [0.25, 0.3) is 0 Å². The van der Waals surface area contributed by atoms with Gasteiger partial charge in [0, 0.05) is 54.8 Å². The van der Waals surface area contributed by atoms with Gasteiger partial charge in [-0.3, -0.25) is 14.6 Å². The van der Waals surface area contributed by atoms with E-state index in [4.69, 9.17) is 0 Å². The number of hydrogen-bond acceptors (Lipinski definition) is 5. The van der Waals surface area contributed by atoms with Crippen molar-refractivity contribution in [2.45, 2.75) is 39.4 Å². The Morgan fingerprint density at radius 1 is 0.949 bits per heavy atom. The molecule has 0 radical (unpaired) electrons. The van der Waals surface area contributed by atoms with Crippen LogP contribution in [0.4, 0.5) is 5.69 Å². The Labute approximate surface area is 230 Å². The number of hydrogen-bond donors (Lipinski definition) is 2. The van der Waals surface area contributed by atoms with Gasteiger partial charge in [0.1, 0.15) is 0 Å². The Kier molecular flexibility index (Phi) is 8.18. The maximum Gasteiger partial charge on any atom is 0.255 e. The van der Waals surface area contributed by atoms with Gasteiger partial charge in [-0.05, 0) is 78.5 Å². The van der Waals surface area contributed by atoms with Crippen molar-refractivity contribution in [2.24, 2.45) is 11.0 Å². The highest BCUT2D eigenvalue weighted by atomic mass is 16.2. The molecule has 0 bridgehead atoms. The third kappa shape index (κ3) is 6.81. The molecule has 2 heterocycles. The first kappa shape index (κ1) is 26.4. The first-order chi connectivity index (χ1) is 19.0. The number of benzene rings is 3. The fraction of sp³-hybridized carbons (Fsp3) is 0.281. The first-order valence-electron chi connectivity index (χ1n) is 13.5. The number of likely N-dealkylation sites (N-methyl/N-ethyl adjacent to an activating group) is 1. The molecule has 2 amide bonds. The minimum Gasteiger partial charge on any atom is -0.348 e. The van der Waals surface area contributed by atoms with Crippen LogP contribution in [0.2, 0.25) is 0 Å². The minimum atomic E-state index is -0.167. The predicted octanol–water partition coefficient (Wildman–Crippen LogP) is 5.20. The number of amides is 2. The van der Waals surface area contributed by atoms with Crippen molar-refractivity contribution in [3.8, 4) is 0 Å². The van der Waals surface area contributed by atoms with E-state index < -0.39 is 0 Å². The highest BCUT2D eigenvalue weighted by Crippen LogP contribution is 2.22. The van der Waals surface area contributed by atoms with Gasteiger partial charge < -0.3 is 15.5 Å². The van der Waals surface area contributed by atoms with Gasteiger partial charge in [-0.1, -0.05) is 43.3 Å². The summed E-state index contributed by atoms with van der Waals surface area (Å²) >= 11 is 0. The van der Waals surface area contributed by atoms with E-state index in [2.05, 4.69) is 52.8 Å². The number of anilines is 1. The van der Waals surface area contributed by atoms with E-state index in [1.807, 2.05) is 66.0 Å². The summed E-state index contributed by atoms with van der Waals surface area (Å²) in [7, 11) is 2.11. The number of fused-ring (bicyclic) bond motifs is 1. The summed E-state index contributed by atoms with van der Waals surface area (Å²) in [5.74, 6) is 0.0583. The van der Waals surface area contributed by atoms with Gasteiger partial charge >= 0.3 is 0 Å². The number of carbonyl (C=O) groups is 2. The van der Waals surface area contributed by atoms with Crippen LogP contribution in [-0.2, 0) is 26.1 Å². The highest BCUT2D eigenvalue weighted by molar-refractivity contribution is 6.04. The SMILES string of the molecule is CCC1C=CN(Cc2cccc(C(=O)NCc3cccc(C(=O)Nc4ccc5c(c4)CN(C)CC5)c3)c2)N=C1. The zero-order valence-electron chi connectivity index (χ0n) is 22.6. The van der Waals surface area contributed by atoms with Crippen molar-refractivity contribution < 1.29 is 9.59 Å². The second-order valence-electron chi connectivity index (χ2n) is 10.3. The average molecular weight is 522 g/mol. The molecular weight excluding hydrogens is 486 g/mol. The van der Waals surface area contributed by atoms with Gasteiger partial charge in [0.15, 0.2) is 0 Å². The highest BCUT2D eigenvalue weighted by Gasteiger charge is 2.15. The van der Waals surface area contributed by atoms with Crippen molar-refractivity contribution in [3.63, 3.8) is 0 Å². The molecular formula is C32H35N5O2. The molecule has 2 aliphatic heterocycles. The van der Waals surface area contributed by atoms with Gasteiger partial charge in [-0.2, -0.15) is 5.10 Å². The standard InChI is InChI=1S/C32H35N5O2/c1-3-23-12-15-37(34-20-23)21-25-7-5-8-27(17-25)31(38)33-19-24-6-4-9-28(16-24)32(39)35-30-11-10-26-13-14-36(2)22-29(26)18-30/h4-12,15-18,20,23H,3,13-14,19,21-22H2,1-2H3,(H,33,38)(H,35,39). The number of hydrazone groups is 1. The van der Waals surface area contributed by atoms with Crippen LogP contribution in [0, 0.1) is 5.92 Å². The maximum absolute atomic E-state index is 13.0. The van der Waals surface area contributed by atoms with Crippen LogP contribution in [0.5, 0.6) is 0 Å². The molecule has 7 heteroatoms. The van der Waals surface area contributed by atoms with E-state index in [0.717, 1.165) is 42.7 Å². The largest absolute Gasteiger partial charge is 0.348 e. The maximum atomic E-state index is 13.0. The number of nitrogens with zero attached hydrogens (tertiary/aromatic N) is 3. The zero-order valence-corrected chi connectivity index (χ0v) is 22.6. The molecule has 0 spiro atoms. The molecule has 2 aliphatic rings. The Balaban J connectivity index is 1.17. The fourth-order valence-electron chi connectivity index (χ4n) is 4.89. The van der Waals surface area contributed by atoms with Crippen molar-refractivity contribution in [1.82, 2.24) is 15.2 Å². The number of allylic oxidation sites excluding steroid dienone is 1. The summed E-state index contributed by atoms with van der Waals surface area (Å²) in [5.41, 5.74) is 6.41. The van der Waals surface area contributed by atoms with Crippen LogP contribution < -0.4 is 10.6 Å². The Morgan fingerprint density at radius 3 is 2.49 bits per heavy atom. The van der Waals surface area contributed by atoms with Crippen LogP contribution in [0.15, 0.2) is 84.1 Å². The number of nitrogens with one attached hydrogen (secondary N) is 2. The lowest BCUT2D eigenvalue weighted by Crippen LogP contribution is -2.26. The molecule has 39 heavy (non-hydrogen) atoms. The van der Waals surface area contributed by atoms with Gasteiger partial charge in [-0.15, -0.1) is 0 Å². The van der Waals surface area contributed by atoms with E-state index in [1.54, 1.807) is 6.07 Å². The molecule has 0 aliphatic carbocycles. The summed E-state index contributed by atoms with van der Waals surface area (Å²) in [6.45, 7) is 5.01. The van der Waals surface area contributed by atoms with Gasteiger partial charge in [0.25, 0.3) is 11.8 Å². The monoisotopic (exact) mass is 521 g/mol. The predicted molar refractivity (Wildman–Crippen MR) is 155 cm³/mol. The summed E-state index contributed by atoms with van der Waals surface area (Å²) in [4.78, 5) is 28.1. The van der Waals surface area contributed by atoms with Crippen molar-refractivity contribution in [1.29, 1.82) is 0 Å². The normalized spacial score (nSPS) is 16.6. The number of rotatable bonds is 8. The molecule has 0 saturated carbocycles. The Bertz CT molecular complexity index is 1400. The van der Waals surface area contributed by atoms with Crippen LogP contribution in [-0.4, -0.2) is 41.5 Å². The molecule has 1 unspecified atom stereocenters. The summed E-state index contributed by atoms with van der Waals surface area (Å²) in [6.07, 6.45) is 8.15. The zero-order chi connectivity index (χ0) is 27.2. The van der Waals surface area contributed by atoms with E-state index in [1.165, 1.54) is 11.1 Å². The molecule has 2 N–H and O–H groups in total. The van der Waals surface area contributed by atoms with Crippen LogP contribution >= 0.6 is 0 Å². The van der Waals surface area contributed by atoms with Gasteiger partial charge in [0.05, 0.1) is 6.54 Å². The van der Waals surface area contributed by atoms with Crippen molar-refractivity contribution in [2.75, 3.05) is 18.9 Å². The van der Waals surface area contributed by atoms with Gasteiger partial charge in [-0.25, -0.2) is 0 Å². The lowest BCUT2D eigenvalue weighted by Gasteiger charge is -2.25. The summed E-state index contributed by atoms with van der Waals surface area (Å²) < 4.78 is 0. The van der Waals surface area contributed by atoms with E-state index in [9.17, 15) is 9.59 Å². The summed E-state index contributed by atoms with van der Waals surface area (Å²) in [6, 6.07) is 21.1. The van der Waals surface area contributed by atoms with Crippen molar-refractivity contribution >= 4 is 23.7 Å². The second-order valence-corrected chi connectivity index (χ2v) is 10.3.